The van der Waals surface area contributed by atoms with Gasteiger partial charge < -0.3 is 4.74 Å². The third-order valence-corrected chi connectivity index (χ3v) is 4.91. The number of hydrogen-bond donors (Lipinski definition) is 0. The van der Waals surface area contributed by atoms with Crippen LogP contribution in [0, 0.1) is 12.3 Å². The lowest BCUT2D eigenvalue weighted by Gasteiger charge is -2.33. The maximum absolute atomic E-state index is 12.5. The van der Waals surface area contributed by atoms with E-state index < -0.39 is 0 Å². The molecule has 0 saturated heterocycles. The van der Waals surface area contributed by atoms with Gasteiger partial charge >= 0.3 is 0 Å². The molecule has 21 heavy (non-hydrogen) atoms. The highest BCUT2D eigenvalue weighted by molar-refractivity contribution is 6.31. The molecule has 1 fully saturated rings. The standard InChI is InChI=1S/C18H25ClO2/c1-13-9-16(19)15(17(10-13)21-3)11-14(20)12-18(2)7-5-4-6-8-18/h9-10H,4-8,11-12H2,1-3H3. The monoisotopic (exact) mass is 308 g/mol. The normalized spacial score (nSPS) is 17.5. The van der Waals surface area contributed by atoms with Crippen LogP contribution in [0.25, 0.3) is 0 Å². The first-order chi connectivity index (χ1) is 9.93. The number of rotatable bonds is 5. The van der Waals surface area contributed by atoms with Crippen molar-refractivity contribution >= 4 is 17.4 Å². The molecule has 0 radical (unpaired) electrons. The Morgan fingerprint density at radius 1 is 1.29 bits per heavy atom. The Hall–Kier alpha value is -1.02. The molecule has 1 aromatic rings. The van der Waals surface area contributed by atoms with Crippen molar-refractivity contribution in [1.29, 1.82) is 0 Å². The molecule has 1 aliphatic carbocycles. The lowest BCUT2D eigenvalue weighted by atomic mass is 9.72. The summed E-state index contributed by atoms with van der Waals surface area (Å²) in [7, 11) is 1.63. The number of Topliss-reactive ketones (excluding diaryl/α,β-unsaturated/α-hetero) is 1. The summed E-state index contributed by atoms with van der Waals surface area (Å²) in [6, 6.07) is 3.84. The van der Waals surface area contributed by atoms with E-state index in [1.807, 2.05) is 19.1 Å². The minimum absolute atomic E-state index is 0.180. The summed E-state index contributed by atoms with van der Waals surface area (Å²) in [6.45, 7) is 4.22. The largest absolute Gasteiger partial charge is 0.496 e. The molecule has 2 nitrogen and oxygen atoms in total. The second kappa shape index (κ2) is 6.83. The molecule has 1 saturated carbocycles. The molecule has 1 aliphatic rings. The van der Waals surface area contributed by atoms with Gasteiger partial charge in [-0.3, -0.25) is 4.79 Å². The Morgan fingerprint density at radius 2 is 1.95 bits per heavy atom. The van der Waals surface area contributed by atoms with Gasteiger partial charge in [-0.25, -0.2) is 0 Å². The molecule has 3 heteroatoms. The van der Waals surface area contributed by atoms with E-state index in [0.717, 1.165) is 29.7 Å². The molecule has 0 unspecified atom stereocenters. The third-order valence-electron chi connectivity index (χ3n) is 4.58. The Bertz CT molecular complexity index is 516. The zero-order valence-electron chi connectivity index (χ0n) is 13.3. The number of carbonyl (C=O) groups excluding carboxylic acids is 1. The maximum atomic E-state index is 12.5. The lowest BCUT2D eigenvalue weighted by Crippen LogP contribution is -2.24. The summed E-state index contributed by atoms with van der Waals surface area (Å²) in [5.41, 5.74) is 2.06. The van der Waals surface area contributed by atoms with Crippen molar-refractivity contribution in [2.75, 3.05) is 7.11 Å². The van der Waals surface area contributed by atoms with E-state index in [9.17, 15) is 4.79 Å². The van der Waals surface area contributed by atoms with Crippen LogP contribution < -0.4 is 4.74 Å². The van der Waals surface area contributed by atoms with Gasteiger partial charge in [0.1, 0.15) is 11.5 Å². The number of halogens is 1. The van der Waals surface area contributed by atoms with Crippen LogP contribution in [0.15, 0.2) is 12.1 Å². The van der Waals surface area contributed by atoms with Crippen molar-refractivity contribution in [3.05, 3.63) is 28.3 Å². The molecule has 2 rings (SSSR count). The lowest BCUT2D eigenvalue weighted by molar-refractivity contribution is -0.121. The Labute approximate surface area is 132 Å². The minimum atomic E-state index is 0.180. The van der Waals surface area contributed by atoms with E-state index in [1.165, 1.54) is 19.3 Å². The quantitative estimate of drug-likeness (QED) is 0.754. The molecule has 0 amide bonds. The highest BCUT2D eigenvalue weighted by Gasteiger charge is 2.29. The first-order valence-corrected chi connectivity index (χ1v) is 8.16. The van der Waals surface area contributed by atoms with Gasteiger partial charge in [0, 0.05) is 23.4 Å². The Morgan fingerprint density at radius 3 is 2.57 bits per heavy atom. The van der Waals surface area contributed by atoms with Crippen LogP contribution >= 0.6 is 11.6 Å². The first-order valence-electron chi connectivity index (χ1n) is 7.78. The molecule has 0 spiro atoms. The number of hydrogen-bond acceptors (Lipinski definition) is 2. The summed E-state index contributed by atoms with van der Waals surface area (Å²) in [5, 5.41) is 0.633. The van der Waals surface area contributed by atoms with Gasteiger partial charge in [-0.2, -0.15) is 0 Å². The maximum Gasteiger partial charge on any atom is 0.138 e. The number of ketones is 1. The van der Waals surface area contributed by atoms with Crippen LogP contribution in [-0.4, -0.2) is 12.9 Å². The van der Waals surface area contributed by atoms with Gasteiger partial charge in [-0.1, -0.05) is 37.8 Å². The molecule has 0 bridgehead atoms. The average molecular weight is 309 g/mol. The van der Waals surface area contributed by atoms with Crippen molar-refractivity contribution < 1.29 is 9.53 Å². The SMILES string of the molecule is COc1cc(C)cc(Cl)c1CC(=O)CC1(C)CCCCC1. The average Bonchev–Trinajstić information content (AvgIpc) is 2.41. The zero-order chi connectivity index (χ0) is 15.5. The predicted molar refractivity (Wildman–Crippen MR) is 87.3 cm³/mol. The van der Waals surface area contributed by atoms with Crippen molar-refractivity contribution in [3.63, 3.8) is 0 Å². The van der Waals surface area contributed by atoms with E-state index in [-0.39, 0.29) is 11.2 Å². The fourth-order valence-electron chi connectivity index (χ4n) is 3.41. The van der Waals surface area contributed by atoms with Crippen LogP contribution in [0.1, 0.15) is 56.6 Å². The highest BCUT2D eigenvalue weighted by Crippen LogP contribution is 2.39. The minimum Gasteiger partial charge on any atom is -0.496 e. The molecule has 0 heterocycles. The van der Waals surface area contributed by atoms with Gasteiger partial charge in [0.2, 0.25) is 0 Å². The number of benzene rings is 1. The second-order valence-electron chi connectivity index (χ2n) is 6.69. The summed E-state index contributed by atoms with van der Waals surface area (Å²) < 4.78 is 5.39. The second-order valence-corrected chi connectivity index (χ2v) is 7.10. The fraction of sp³-hybridized carbons (Fsp3) is 0.611. The Balaban J connectivity index is 2.09. The molecule has 0 N–H and O–H groups in total. The van der Waals surface area contributed by atoms with E-state index in [1.54, 1.807) is 7.11 Å². The van der Waals surface area contributed by atoms with Crippen LogP contribution in [-0.2, 0) is 11.2 Å². The number of aryl methyl sites for hydroxylation is 1. The molecule has 0 atom stereocenters. The first kappa shape index (κ1) is 16.4. The van der Waals surface area contributed by atoms with Gasteiger partial charge in [-0.15, -0.1) is 0 Å². The van der Waals surface area contributed by atoms with E-state index in [2.05, 4.69) is 6.92 Å². The molecule has 116 valence electrons. The van der Waals surface area contributed by atoms with Crippen molar-refractivity contribution in [2.45, 2.75) is 58.8 Å². The van der Waals surface area contributed by atoms with Gasteiger partial charge in [0.25, 0.3) is 0 Å². The number of carbonyl (C=O) groups is 1. The van der Waals surface area contributed by atoms with Gasteiger partial charge in [0.05, 0.1) is 7.11 Å². The topological polar surface area (TPSA) is 26.3 Å². The molecular formula is C18H25ClO2. The van der Waals surface area contributed by atoms with Gasteiger partial charge in [0.15, 0.2) is 0 Å². The summed E-state index contributed by atoms with van der Waals surface area (Å²) >= 11 is 6.30. The molecular weight excluding hydrogens is 284 g/mol. The molecule has 1 aromatic carbocycles. The van der Waals surface area contributed by atoms with E-state index >= 15 is 0 Å². The number of methoxy groups -OCH3 is 1. The summed E-state index contributed by atoms with van der Waals surface area (Å²) in [4.78, 5) is 12.5. The summed E-state index contributed by atoms with van der Waals surface area (Å²) in [6.07, 6.45) is 7.16. The molecule has 0 aromatic heterocycles. The van der Waals surface area contributed by atoms with Crippen LogP contribution in [0.3, 0.4) is 0 Å². The van der Waals surface area contributed by atoms with Gasteiger partial charge in [-0.05, 0) is 42.9 Å². The third kappa shape index (κ3) is 4.23. The van der Waals surface area contributed by atoms with Crippen LogP contribution in [0.2, 0.25) is 5.02 Å². The number of ether oxygens (including phenoxy) is 1. The van der Waals surface area contributed by atoms with E-state index in [0.29, 0.717) is 17.9 Å². The van der Waals surface area contributed by atoms with Crippen molar-refractivity contribution in [3.8, 4) is 5.75 Å². The smallest absolute Gasteiger partial charge is 0.138 e. The summed E-state index contributed by atoms with van der Waals surface area (Å²) in [5.74, 6) is 0.991. The fourth-order valence-corrected chi connectivity index (χ4v) is 3.74. The van der Waals surface area contributed by atoms with Crippen LogP contribution in [0.4, 0.5) is 0 Å². The zero-order valence-corrected chi connectivity index (χ0v) is 14.1. The van der Waals surface area contributed by atoms with Crippen LogP contribution in [0.5, 0.6) is 5.75 Å². The molecule has 0 aliphatic heterocycles. The Kier molecular flexibility index (Phi) is 5.32. The highest BCUT2D eigenvalue weighted by atomic mass is 35.5. The van der Waals surface area contributed by atoms with Crippen molar-refractivity contribution in [1.82, 2.24) is 0 Å². The predicted octanol–water partition coefficient (Wildman–Crippen LogP) is 5.13. The van der Waals surface area contributed by atoms with Crippen molar-refractivity contribution in [2.24, 2.45) is 5.41 Å². The van der Waals surface area contributed by atoms with E-state index in [4.69, 9.17) is 16.3 Å².